The summed E-state index contributed by atoms with van der Waals surface area (Å²) in [5.74, 6) is 1.13. The van der Waals surface area contributed by atoms with Gasteiger partial charge in [-0.25, -0.2) is 0 Å². The Bertz CT molecular complexity index is 853. The van der Waals surface area contributed by atoms with Crippen LogP contribution in [0.4, 0.5) is 0 Å². The van der Waals surface area contributed by atoms with E-state index in [1.54, 1.807) is 7.11 Å². The lowest BCUT2D eigenvalue weighted by Crippen LogP contribution is -2.47. The van der Waals surface area contributed by atoms with Crippen LogP contribution in [0.5, 0.6) is 5.75 Å². The molecule has 0 spiro atoms. The van der Waals surface area contributed by atoms with Crippen molar-refractivity contribution in [1.82, 2.24) is 4.90 Å². The molecule has 1 fully saturated rings. The van der Waals surface area contributed by atoms with Gasteiger partial charge in [0.2, 0.25) is 5.91 Å². The van der Waals surface area contributed by atoms with Gasteiger partial charge in [0.25, 0.3) is 0 Å². The average Bonchev–Trinajstić information content (AvgIpc) is 2.82. The molecule has 0 radical (unpaired) electrons. The number of carbonyl (C=O) groups is 1. The number of hydrogen-bond acceptors (Lipinski definition) is 3. The maximum Gasteiger partial charge on any atom is 0.222 e. The van der Waals surface area contributed by atoms with Crippen molar-refractivity contribution in [2.45, 2.75) is 70.4 Å². The molecule has 0 N–H and O–H groups in total. The first-order chi connectivity index (χ1) is 14.9. The molecule has 168 valence electrons. The summed E-state index contributed by atoms with van der Waals surface area (Å²) in [6, 6.07) is 18.6. The third-order valence-electron chi connectivity index (χ3n) is 6.90. The van der Waals surface area contributed by atoms with E-state index in [4.69, 9.17) is 9.47 Å². The number of carbonyl (C=O) groups excluding carboxylic acids is 1. The number of ether oxygens (including phenoxy) is 2. The normalized spacial score (nSPS) is 23.4. The first kappa shape index (κ1) is 23.3. The summed E-state index contributed by atoms with van der Waals surface area (Å²) >= 11 is 0. The number of amides is 1. The van der Waals surface area contributed by atoms with Crippen LogP contribution in [0.25, 0.3) is 0 Å². The zero-order chi connectivity index (χ0) is 22.3. The second-order valence-corrected chi connectivity index (χ2v) is 8.96. The van der Waals surface area contributed by atoms with Gasteiger partial charge in [0.1, 0.15) is 5.75 Å². The number of benzene rings is 2. The quantitative estimate of drug-likeness (QED) is 0.516. The van der Waals surface area contributed by atoms with Gasteiger partial charge < -0.3 is 14.4 Å². The molecule has 1 heterocycles. The van der Waals surface area contributed by atoms with E-state index >= 15 is 0 Å². The van der Waals surface area contributed by atoms with Gasteiger partial charge in [0, 0.05) is 37.1 Å². The summed E-state index contributed by atoms with van der Waals surface area (Å²) in [5.41, 5.74) is 2.15. The summed E-state index contributed by atoms with van der Waals surface area (Å²) in [6.45, 7) is 8.45. The number of rotatable bonds is 9. The molecule has 0 saturated carbocycles. The van der Waals surface area contributed by atoms with Crippen LogP contribution in [0.2, 0.25) is 0 Å². The maximum atomic E-state index is 12.8. The summed E-state index contributed by atoms with van der Waals surface area (Å²) in [7, 11) is 1.74. The molecular formula is C27H37NO3. The highest BCUT2D eigenvalue weighted by Gasteiger charge is 2.45. The molecule has 1 saturated heterocycles. The SMILES string of the molecule is CCC(=O)N(CCC1(c2ccccc2OC)CCOC(C)(CC)C1)Cc1ccccc1. The minimum atomic E-state index is -0.169. The van der Waals surface area contributed by atoms with Crippen molar-refractivity contribution in [3.63, 3.8) is 0 Å². The molecule has 2 aromatic rings. The topological polar surface area (TPSA) is 38.8 Å². The Kier molecular flexibility index (Phi) is 7.77. The Balaban J connectivity index is 1.91. The molecule has 31 heavy (non-hydrogen) atoms. The third-order valence-corrected chi connectivity index (χ3v) is 6.90. The predicted octanol–water partition coefficient (Wildman–Crippen LogP) is 5.74. The van der Waals surface area contributed by atoms with Crippen molar-refractivity contribution in [3.05, 3.63) is 65.7 Å². The fraction of sp³-hybridized carbons (Fsp3) is 0.519. The van der Waals surface area contributed by atoms with E-state index in [0.717, 1.165) is 44.6 Å². The monoisotopic (exact) mass is 423 g/mol. The average molecular weight is 424 g/mol. The highest BCUT2D eigenvalue weighted by Crippen LogP contribution is 2.48. The van der Waals surface area contributed by atoms with Gasteiger partial charge in [-0.15, -0.1) is 0 Å². The van der Waals surface area contributed by atoms with E-state index in [2.05, 4.69) is 44.2 Å². The summed E-state index contributed by atoms with van der Waals surface area (Å²) in [4.78, 5) is 14.8. The smallest absolute Gasteiger partial charge is 0.222 e. The van der Waals surface area contributed by atoms with Crippen molar-refractivity contribution >= 4 is 5.91 Å². The van der Waals surface area contributed by atoms with Crippen LogP contribution in [-0.2, 0) is 21.5 Å². The molecule has 1 aliphatic heterocycles. The molecule has 0 aliphatic carbocycles. The highest BCUT2D eigenvalue weighted by atomic mass is 16.5. The Morgan fingerprint density at radius 3 is 2.48 bits per heavy atom. The molecule has 2 aromatic carbocycles. The number of para-hydroxylation sites is 1. The second-order valence-electron chi connectivity index (χ2n) is 8.96. The van der Waals surface area contributed by atoms with Crippen LogP contribution in [-0.4, -0.2) is 36.7 Å². The van der Waals surface area contributed by atoms with E-state index in [-0.39, 0.29) is 16.9 Å². The third kappa shape index (κ3) is 5.48. The summed E-state index contributed by atoms with van der Waals surface area (Å²) in [5, 5.41) is 0. The van der Waals surface area contributed by atoms with E-state index in [1.807, 2.05) is 36.1 Å². The number of methoxy groups -OCH3 is 1. The Morgan fingerprint density at radius 2 is 1.81 bits per heavy atom. The highest BCUT2D eigenvalue weighted by molar-refractivity contribution is 5.75. The fourth-order valence-electron chi connectivity index (χ4n) is 4.90. The maximum absolute atomic E-state index is 12.8. The first-order valence-electron chi connectivity index (χ1n) is 11.5. The fourth-order valence-corrected chi connectivity index (χ4v) is 4.90. The Morgan fingerprint density at radius 1 is 1.10 bits per heavy atom. The molecule has 1 aliphatic rings. The van der Waals surface area contributed by atoms with Gasteiger partial charge in [0.05, 0.1) is 12.7 Å². The molecule has 2 atom stereocenters. The molecule has 1 amide bonds. The van der Waals surface area contributed by atoms with E-state index in [0.29, 0.717) is 13.0 Å². The van der Waals surface area contributed by atoms with E-state index in [9.17, 15) is 4.79 Å². The van der Waals surface area contributed by atoms with Crippen LogP contribution in [0.1, 0.15) is 64.0 Å². The zero-order valence-electron chi connectivity index (χ0n) is 19.5. The standard InChI is InChI=1S/C27H37NO3/c1-5-25(29)28(20-22-12-8-7-9-13-22)18-16-27(17-19-31-26(3,6-2)21-27)23-14-10-11-15-24(23)30-4/h7-15H,5-6,16-21H2,1-4H3. The molecule has 0 aromatic heterocycles. The van der Waals surface area contributed by atoms with Gasteiger partial charge in [-0.3, -0.25) is 4.79 Å². The van der Waals surface area contributed by atoms with Crippen LogP contribution in [0.15, 0.2) is 54.6 Å². The minimum Gasteiger partial charge on any atom is -0.496 e. The van der Waals surface area contributed by atoms with Gasteiger partial charge in [-0.05, 0) is 44.2 Å². The zero-order valence-corrected chi connectivity index (χ0v) is 19.5. The van der Waals surface area contributed by atoms with Gasteiger partial charge in [-0.1, -0.05) is 62.4 Å². The Labute approximate surface area is 187 Å². The van der Waals surface area contributed by atoms with Crippen molar-refractivity contribution < 1.29 is 14.3 Å². The van der Waals surface area contributed by atoms with E-state index in [1.165, 1.54) is 11.1 Å². The summed E-state index contributed by atoms with van der Waals surface area (Å²) < 4.78 is 12.0. The van der Waals surface area contributed by atoms with Crippen LogP contribution < -0.4 is 4.74 Å². The number of hydrogen-bond donors (Lipinski definition) is 0. The lowest BCUT2D eigenvalue weighted by atomic mass is 9.66. The van der Waals surface area contributed by atoms with Gasteiger partial charge in [0.15, 0.2) is 0 Å². The molecule has 4 nitrogen and oxygen atoms in total. The van der Waals surface area contributed by atoms with Crippen molar-refractivity contribution in [3.8, 4) is 5.75 Å². The Hall–Kier alpha value is -2.33. The lowest BCUT2D eigenvalue weighted by Gasteiger charge is -2.47. The van der Waals surface area contributed by atoms with Crippen molar-refractivity contribution in [2.24, 2.45) is 0 Å². The summed E-state index contributed by atoms with van der Waals surface area (Å²) in [6.07, 6.45) is 4.24. The van der Waals surface area contributed by atoms with Crippen LogP contribution >= 0.6 is 0 Å². The second kappa shape index (κ2) is 10.3. The van der Waals surface area contributed by atoms with Crippen LogP contribution in [0.3, 0.4) is 0 Å². The molecule has 2 unspecified atom stereocenters. The largest absolute Gasteiger partial charge is 0.496 e. The molecule has 4 heteroatoms. The molecular weight excluding hydrogens is 386 g/mol. The van der Waals surface area contributed by atoms with E-state index < -0.39 is 0 Å². The molecule has 3 rings (SSSR count). The first-order valence-corrected chi connectivity index (χ1v) is 11.5. The van der Waals surface area contributed by atoms with Gasteiger partial charge >= 0.3 is 0 Å². The van der Waals surface area contributed by atoms with Crippen LogP contribution in [0, 0.1) is 0 Å². The molecule has 0 bridgehead atoms. The number of nitrogens with zero attached hydrogens (tertiary/aromatic N) is 1. The van der Waals surface area contributed by atoms with Crippen molar-refractivity contribution in [1.29, 1.82) is 0 Å². The lowest BCUT2D eigenvalue weighted by molar-refractivity contribution is -0.132. The van der Waals surface area contributed by atoms with Gasteiger partial charge in [-0.2, -0.15) is 0 Å². The minimum absolute atomic E-state index is 0.0847. The van der Waals surface area contributed by atoms with Crippen molar-refractivity contribution in [2.75, 3.05) is 20.3 Å². The predicted molar refractivity (Wildman–Crippen MR) is 125 cm³/mol.